The number of nitrogens with one attached hydrogen (secondary N) is 1. The van der Waals surface area contributed by atoms with Gasteiger partial charge in [0.2, 0.25) is 0 Å². The predicted octanol–water partition coefficient (Wildman–Crippen LogP) is 1.84. The van der Waals surface area contributed by atoms with Gasteiger partial charge in [0.25, 0.3) is 5.92 Å². The quantitative estimate of drug-likeness (QED) is 0.785. The van der Waals surface area contributed by atoms with Crippen LogP contribution < -0.4 is 10.1 Å². The van der Waals surface area contributed by atoms with E-state index in [2.05, 4.69) is 5.32 Å². The van der Waals surface area contributed by atoms with Crippen molar-refractivity contribution in [2.24, 2.45) is 0 Å². The van der Waals surface area contributed by atoms with Crippen LogP contribution in [0.25, 0.3) is 0 Å². The first-order valence-electron chi connectivity index (χ1n) is 5.82. The molecule has 0 aliphatic carbocycles. The maximum atomic E-state index is 12.8. The van der Waals surface area contributed by atoms with E-state index in [1.165, 1.54) is 0 Å². The molecule has 3 nitrogen and oxygen atoms in total. The molecule has 1 unspecified atom stereocenters. The van der Waals surface area contributed by atoms with Gasteiger partial charge in [0.05, 0.1) is 13.7 Å². The van der Waals surface area contributed by atoms with Crippen LogP contribution in [0, 0.1) is 0 Å². The van der Waals surface area contributed by atoms with E-state index in [4.69, 9.17) is 9.84 Å². The molecule has 102 valence electrons. The molecular formula is C13H19F2NO2. The van der Waals surface area contributed by atoms with Gasteiger partial charge in [0.15, 0.2) is 0 Å². The highest BCUT2D eigenvalue weighted by Gasteiger charge is 2.27. The van der Waals surface area contributed by atoms with Gasteiger partial charge in [0, 0.05) is 6.04 Å². The molecule has 0 heterocycles. The summed E-state index contributed by atoms with van der Waals surface area (Å²) >= 11 is 0. The number of ether oxygens (including phenoxy) is 1. The summed E-state index contributed by atoms with van der Waals surface area (Å²) in [6.07, 6.45) is 0.644. The van der Waals surface area contributed by atoms with Crippen molar-refractivity contribution in [3.63, 3.8) is 0 Å². The standard InChI is InChI=1S/C13H19F2NO2/c1-10(16-8-13(14,15)9-17)7-11-3-5-12(18-2)6-4-11/h3-6,10,16-17H,7-9H2,1-2H3. The summed E-state index contributed by atoms with van der Waals surface area (Å²) in [5.74, 6) is -2.29. The third-order valence-corrected chi connectivity index (χ3v) is 2.64. The van der Waals surface area contributed by atoms with Crippen molar-refractivity contribution in [1.82, 2.24) is 5.32 Å². The topological polar surface area (TPSA) is 41.5 Å². The van der Waals surface area contributed by atoms with Crippen LogP contribution in [-0.2, 0) is 6.42 Å². The molecule has 1 atom stereocenters. The molecule has 0 aliphatic rings. The molecule has 0 bridgehead atoms. The lowest BCUT2D eigenvalue weighted by Crippen LogP contribution is -2.40. The second-order valence-electron chi connectivity index (χ2n) is 4.35. The van der Waals surface area contributed by atoms with Crippen LogP contribution in [0.1, 0.15) is 12.5 Å². The van der Waals surface area contributed by atoms with Crippen molar-refractivity contribution in [2.45, 2.75) is 25.3 Å². The van der Waals surface area contributed by atoms with Crippen LogP contribution in [0.3, 0.4) is 0 Å². The lowest BCUT2D eigenvalue weighted by atomic mass is 10.1. The van der Waals surface area contributed by atoms with Gasteiger partial charge in [-0.05, 0) is 31.0 Å². The molecule has 1 aromatic rings. The molecule has 18 heavy (non-hydrogen) atoms. The van der Waals surface area contributed by atoms with Gasteiger partial charge >= 0.3 is 0 Å². The third-order valence-electron chi connectivity index (χ3n) is 2.64. The first-order valence-corrected chi connectivity index (χ1v) is 5.82. The summed E-state index contributed by atoms with van der Waals surface area (Å²) in [6.45, 7) is 0.188. The summed E-state index contributed by atoms with van der Waals surface area (Å²) in [5, 5.41) is 11.2. The van der Waals surface area contributed by atoms with E-state index < -0.39 is 19.1 Å². The summed E-state index contributed by atoms with van der Waals surface area (Å²) in [5.41, 5.74) is 1.04. The number of aliphatic hydroxyl groups is 1. The fraction of sp³-hybridized carbons (Fsp3) is 0.538. The van der Waals surface area contributed by atoms with Crippen molar-refractivity contribution in [2.75, 3.05) is 20.3 Å². The molecule has 0 saturated carbocycles. The van der Waals surface area contributed by atoms with E-state index >= 15 is 0 Å². The number of methoxy groups -OCH3 is 1. The third kappa shape index (κ3) is 4.98. The van der Waals surface area contributed by atoms with Crippen LogP contribution in [0.4, 0.5) is 8.78 Å². The fourth-order valence-corrected chi connectivity index (χ4v) is 1.57. The average molecular weight is 259 g/mol. The van der Waals surface area contributed by atoms with E-state index in [0.29, 0.717) is 6.42 Å². The van der Waals surface area contributed by atoms with Gasteiger partial charge in [-0.15, -0.1) is 0 Å². The van der Waals surface area contributed by atoms with Crippen LogP contribution in [-0.4, -0.2) is 37.3 Å². The molecule has 0 radical (unpaired) electrons. The Morgan fingerprint density at radius 3 is 2.44 bits per heavy atom. The Bertz CT molecular complexity index is 355. The lowest BCUT2D eigenvalue weighted by Gasteiger charge is -2.18. The molecule has 0 amide bonds. The lowest BCUT2D eigenvalue weighted by molar-refractivity contribution is -0.0490. The van der Waals surface area contributed by atoms with Crippen molar-refractivity contribution < 1.29 is 18.6 Å². The summed E-state index contributed by atoms with van der Waals surface area (Å²) in [7, 11) is 1.59. The molecule has 0 fully saturated rings. The zero-order valence-electron chi connectivity index (χ0n) is 10.6. The minimum Gasteiger partial charge on any atom is -0.497 e. The van der Waals surface area contributed by atoms with Gasteiger partial charge in [-0.25, -0.2) is 8.78 Å². The van der Waals surface area contributed by atoms with Gasteiger partial charge in [-0.1, -0.05) is 12.1 Å². The van der Waals surface area contributed by atoms with Gasteiger partial charge < -0.3 is 15.2 Å². The largest absolute Gasteiger partial charge is 0.497 e. The molecule has 0 aromatic heterocycles. The molecule has 1 rings (SSSR count). The fourth-order valence-electron chi connectivity index (χ4n) is 1.57. The second-order valence-corrected chi connectivity index (χ2v) is 4.35. The Kier molecular flexibility index (Phi) is 5.50. The highest BCUT2D eigenvalue weighted by Crippen LogP contribution is 2.14. The number of hydrogen-bond acceptors (Lipinski definition) is 3. The monoisotopic (exact) mass is 259 g/mol. The van der Waals surface area contributed by atoms with Gasteiger partial charge in [-0.2, -0.15) is 0 Å². The van der Waals surface area contributed by atoms with E-state index in [-0.39, 0.29) is 6.04 Å². The maximum absolute atomic E-state index is 12.8. The van der Waals surface area contributed by atoms with Crippen molar-refractivity contribution >= 4 is 0 Å². The predicted molar refractivity (Wildman–Crippen MR) is 66.2 cm³/mol. The van der Waals surface area contributed by atoms with Crippen LogP contribution in [0.5, 0.6) is 5.75 Å². The number of benzene rings is 1. The first kappa shape index (κ1) is 14.9. The SMILES string of the molecule is COc1ccc(CC(C)NCC(F)(F)CO)cc1. The molecular weight excluding hydrogens is 240 g/mol. The van der Waals surface area contributed by atoms with Crippen molar-refractivity contribution in [3.05, 3.63) is 29.8 Å². The Hall–Kier alpha value is -1.20. The smallest absolute Gasteiger partial charge is 0.282 e. The number of alkyl halides is 2. The van der Waals surface area contributed by atoms with Gasteiger partial charge in [0.1, 0.15) is 12.4 Å². The second kappa shape index (κ2) is 6.66. The Labute approximate surface area is 106 Å². The number of hydrogen-bond donors (Lipinski definition) is 2. The molecule has 0 spiro atoms. The van der Waals surface area contributed by atoms with E-state index in [0.717, 1.165) is 11.3 Å². The maximum Gasteiger partial charge on any atom is 0.282 e. The van der Waals surface area contributed by atoms with E-state index in [1.54, 1.807) is 7.11 Å². The summed E-state index contributed by atoms with van der Waals surface area (Å²) in [4.78, 5) is 0. The normalized spacial score (nSPS) is 13.4. The molecule has 0 saturated heterocycles. The number of aliphatic hydroxyl groups excluding tert-OH is 1. The van der Waals surface area contributed by atoms with Crippen molar-refractivity contribution in [1.29, 1.82) is 0 Å². The zero-order chi connectivity index (χ0) is 13.6. The molecule has 5 heteroatoms. The minimum absolute atomic E-state index is 0.0872. The van der Waals surface area contributed by atoms with Crippen molar-refractivity contribution in [3.8, 4) is 5.75 Å². The Balaban J connectivity index is 2.41. The number of rotatable bonds is 7. The zero-order valence-corrected chi connectivity index (χ0v) is 10.6. The Morgan fingerprint density at radius 2 is 1.94 bits per heavy atom. The number of halogens is 2. The van der Waals surface area contributed by atoms with E-state index in [9.17, 15) is 8.78 Å². The van der Waals surface area contributed by atoms with Gasteiger partial charge in [-0.3, -0.25) is 0 Å². The highest BCUT2D eigenvalue weighted by atomic mass is 19.3. The Morgan fingerprint density at radius 1 is 1.33 bits per heavy atom. The summed E-state index contributed by atoms with van der Waals surface area (Å²) < 4.78 is 30.7. The highest BCUT2D eigenvalue weighted by molar-refractivity contribution is 5.27. The van der Waals surface area contributed by atoms with Crippen LogP contribution in [0.2, 0.25) is 0 Å². The average Bonchev–Trinajstić information content (AvgIpc) is 2.37. The minimum atomic E-state index is -3.06. The molecule has 2 N–H and O–H groups in total. The first-order chi connectivity index (χ1) is 8.46. The summed E-state index contributed by atoms with van der Waals surface area (Å²) in [6, 6.07) is 7.40. The van der Waals surface area contributed by atoms with E-state index in [1.807, 2.05) is 31.2 Å². The molecule has 1 aromatic carbocycles. The molecule has 0 aliphatic heterocycles. The van der Waals surface area contributed by atoms with Crippen LogP contribution in [0.15, 0.2) is 24.3 Å². The van der Waals surface area contributed by atoms with Crippen LogP contribution >= 0.6 is 0 Å².